The average Bonchev–Trinajstić information content (AvgIpc) is 3.30. The number of hydrogen-bond donors (Lipinski definition) is 1. The SMILES string of the molecule is CCOC(=O)Cn1cc(/C=N/NC(=O)c2cc3cc(Cl)ccc3o2)c2ccccc21. The van der Waals surface area contributed by atoms with Crippen LogP contribution in [-0.2, 0) is 16.1 Å². The fraction of sp³-hybridized carbons (Fsp3) is 0.136. The van der Waals surface area contributed by atoms with Gasteiger partial charge in [0, 0.05) is 33.1 Å². The molecule has 1 N–H and O–H groups in total. The van der Waals surface area contributed by atoms with Gasteiger partial charge in [-0.15, -0.1) is 0 Å². The van der Waals surface area contributed by atoms with Crippen LogP contribution in [-0.4, -0.2) is 29.3 Å². The van der Waals surface area contributed by atoms with Gasteiger partial charge >= 0.3 is 11.9 Å². The summed E-state index contributed by atoms with van der Waals surface area (Å²) in [5.74, 6) is -0.664. The van der Waals surface area contributed by atoms with Crippen molar-refractivity contribution in [1.82, 2.24) is 9.99 Å². The largest absolute Gasteiger partial charge is 0.465 e. The Hall–Kier alpha value is -3.58. The van der Waals surface area contributed by atoms with Gasteiger partial charge in [0.25, 0.3) is 0 Å². The van der Waals surface area contributed by atoms with Crippen molar-refractivity contribution >= 4 is 51.6 Å². The molecule has 0 aliphatic carbocycles. The van der Waals surface area contributed by atoms with Gasteiger partial charge in [0.05, 0.1) is 12.8 Å². The van der Waals surface area contributed by atoms with Crippen LogP contribution in [0.3, 0.4) is 0 Å². The van der Waals surface area contributed by atoms with Crippen molar-refractivity contribution in [3.63, 3.8) is 0 Å². The van der Waals surface area contributed by atoms with E-state index in [1.807, 2.05) is 24.3 Å². The summed E-state index contributed by atoms with van der Waals surface area (Å²) in [6, 6.07) is 14.3. The zero-order valence-corrected chi connectivity index (χ0v) is 16.8. The molecule has 7 nitrogen and oxygen atoms in total. The van der Waals surface area contributed by atoms with Crippen LogP contribution in [0.25, 0.3) is 21.9 Å². The predicted molar refractivity (Wildman–Crippen MR) is 115 cm³/mol. The van der Waals surface area contributed by atoms with Crippen molar-refractivity contribution in [2.75, 3.05) is 6.61 Å². The molecule has 0 spiro atoms. The van der Waals surface area contributed by atoms with Gasteiger partial charge in [-0.3, -0.25) is 9.59 Å². The Labute approximate surface area is 176 Å². The van der Waals surface area contributed by atoms with Crippen LogP contribution in [0.5, 0.6) is 0 Å². The second kappa shape index (κ2) is 8.42. The minimum absolute atomic E-state index is 0.0933. The molecule has 30 heavy (non-hydrogen) atoms. The lowest BCUT2D eigenvalue weighted by atomic mass is 10.2. The lowest BCUT2D eigenvalue weighted by Crippen LogP contribution is -2.16. The summed E-state index contributed by atoms with van der Waals surface area (Å²) in [5.41, 5.74) is 4.65. The van der Waals surface area contributed by atoms with Gasteiger partial charge in [0.1, 0.15) is 12.1 Å². The number of esters is 1. The van der Waals surface area contributed by atoms with Crippen molar-refractivity contribution < 1.29 is 18.7 Å². The number of hydrogen-bond acceptors (Lipinski definition) is 5. The Bertz CT molecular complexity index is 1270. The first-order chi connectivity index (χ1) is 14.5. The number of benzene rings is 2. The molecule has 0 fully saturated rings. The molecular formula is C22H18ClN3O4. The van der Waals surface area contributed by atoms with Crippen LogP contribution in [0.2, 0.25) is 5.02 Å². The molecule has 2 aromatic carbocycles. The number of rotatable bonds is 6. The summed E-state index contributed by atoms with van der Waals surface area (Å²) in [6.07, 6.45) is 3.32. The van der Waals surface area contributed by atoms with Crippen LogP contribution in [0.15, 0.2) is 64.2 Å². The van der Waals surface area contributed by atoms with E-state index in [9.17, 15) is 9.59 Å². The summed E-state index contributed by atoms with van der Waals surface area (Å²) < 4.78 is 12.3. The minimum Gasteiger partial charge on any atom is -0.465 e. The number of fused-ring (bicyclic) bond motifs is 2. The smallest absolute Gasteiger partial charge is 0.325 e. The molecule has 0 aliphatic rings. The van der Waals surface area contributed by atoms with E-state index < -0.39 is 5.91 Å². The molecule has 0 saturated heterocycles. The van der Waals surface area contributed by atoms with Gasteiger partial charge in [-0.2, -0.15) is 5.10 Å². The van der Waals surface area contributed by atoms with Crippen molar-refractivity contribution in [3.8, 4) is 0 Å². The highest BCUT2D eigenvalue weighted by atomic mass is 35.5. The Balaban J connectivity index is 1.53. The predicted octanol–water partition coefficient (Wildman–Crippen LogP) is 4.37. The highest BCUT2D eigenvalue weighted by molar-refractivity contribution is 6.31. The number of ether oxygens (including phenoxy) is 1. The quantitative estimate of drug-likeness (QED) is 0.283. The van der Waals surface area contributed by atoms with E-state index in [1.165, 1.54) is 6.21 Å². The summed E-state index contributed by atoms with van der Waals surface area (Å²) in [6.45, 7) is 2.19. The standard InChI is InChI=1S/C22H18ClN3O4/c1-2-29-21(27)13-26-12-15(17-5-3-4-6-18(17)26)11-24-25-22(28)20-10-14-9-16(23)7-8-19(14)30-20/h3-12H,2,13H2,1H3,(H,25,28)/b24-11+. The summed E-state index contributed by atoms with van der Waals surface area (Å²) in [4.78, 5) is 24.2. The first-order valence-electron chi connectivity index (χ1n) is 9.31. The van der Waals surface area contributed by atoms with E-state index in [0.29, 0.717) is 17.2 Å². The van der Waals surface area contributed by atoms with Crippen LogP contribution >= 0.6 is 11.6 Å². The molecule has 4 aromatic rings. The maximum atomic E-state index is 12.4. The molecule has 1 amide bonds. The van der Waals surface area contributed by atoms with E-state index in [-0.39, 0.29) is 18.3 Å². The molecule has 2 heterocycles. The summed E-state index contributed by atoms with van der Waals surface area (Å²) >= 11 is 5.96. The molecule has 0 unspecified atom stereocenters. The number of nitrogens with zero attached hydrogens (tertiary/aromatic N) is 2. The van der Waals surface area contributed by atoms with E-state index in [2.05, 4.69) is 10.5 Å². The molecule has 8 heteroatoms. The van der Waals surface area contributed by atoms with Crippen molar-refractivity contribution in [3.05, 3.63) is 71.1 Å². The molecule has 0 radical (unpaired) electrons. The van der Waals surface area contributed by atoms with Gasteiger partial charge < -0.3 is 13.7 Å². The Morgan fingerprint density at radius 2 is 2.07 bits per heavy atom. The lowest BCUT2D eigenvalue weighted by molar-refractivity contribution is -0.143. The number of carbonyl (C=O) groups excluding carboxylic acids is 2. The number of aromatic nitrogens is 1. The van der Waals surface area contributed by atoms with Crippen molar-refractivity contribution in [2.45, 2.75) is 13.5 Å². The second-order valence-corrected chi connectivity index (χ2v) is 6.96. The normalized spacial score (nSPS) is 11.4. The van der Waals surface area contributed by atoms with E-state index in [0.717, 1.165) is 21.9 Å². The number of amides is 1. The van der Waals surface area contributed by atoms with Crippen molar-refractivity contribution in [2.24, 2.45) is 5.10 Å². The molecule has 2 aromatic heterocycles. The highest BCUT2D eigenvalue weighted by Gasteiger charge is 2.13. The second-order valence-electron chi connectivity index (χ2n) is 6.53. The van der Waals surface area contributed by atoms with Crippen LogP contribution in [0, 0.1) is 0 Å². The molecule has 0 aliphatic heterocycles. The first kappa shape index (κ1) is 19.7. The average molecular weight is 424 g/mol. The zero-order chi connectivity index (χ0) is 21.1. The van der Waals surface area contributed by atoms with E-state index >= 15 is 0 Å². The van der Waals surface area contributed by atoms with E-state index in [4.69, 9.17) is 20.8 Å². The van der Waals surface area contributed by atoms with Crippen LogP contribution in [0.4, 0.5) is 0 Å². The van der Waals surface area contributed by atoms with Gasteiger partial charge in [0.2, 0.25) is 0 Å². The molecule has 0 saturated carbocycles. The Morgan fingerprint density at radius 1 is 1.23 bits per heavy atom. The van der Waals surface area contributed by atoms with Crippen LogP contribution in [0.1, 0.15) is 23.0 Å². The van der Waals surface area contributed by atoms with Crippen LogP contribution < -0.4 is 5.43 Å². The molecule has 0 atom stereocenters. The summed E-state index contributed by atoms with van der Waals surface area (Å²) in [7, 11) is 0. The van der Waals surface area contributed by atoms with Gasteiger partial charge in [-0.1, -0.05) is 29.8 Å². The minimum atomic E-state index is -0.478. The zero-order valence-electron chi connectivity index (χ0n) is 16.1. The maximum absolute atomic E-state index is 12.4. The van der Waals surface area contributed by atoms with Gasteiger partial charge in [0.15, 0.2) is 5.76 Å². The fourth-order valence-electron chi connectivity index (χ4n) is 3.20. The lowest BCUT2D eigenvalue weighted by Gasteiger charge is -2.04. The number of nitrogens with one attached hydrogen (secondary N) is 1. The monoisotopic (exact) mass is 423 g/mol. The molecule has 4 rings (SSSR count). The Morgan fingerprint density at radius 3 is 2.90 bits per heavy atom. The third-order valence-electron chi connectivity index (χ3n) is 4.50. The first-order valence-corrected chi connectivity index (χ1v) is 9.69. The van der Waals surface area contributed by atoms with Crippen molar-refractivity contribution in [1.29, 1.82) is 0 Å². The Kier molecular flexibility index (Phi) is 5.54. The highest BCUT2D eigenvalue weighted by Crippen LogP contribution is 2.23. The number of para-hydroxylation sites is 1. The third kappa shape index (κ3) is 4.06. The molecular weight excluding hydrogens is 406 g/mol. The van der Waals surface area contributed by atoms with E-state index in [1.54, 1.807) is 42.0 Å². The number of carbonyl (C=O) groups is 2. The maximum Gasteiger partial charge on any atom is 0.325 e. The fourth-order valence-corrected chi connectivity index (χ4v) is 3.38. The number of hydrazone groups is 1. The topological polar surface area (TPSA) is 85.8 Å². The van der Waals surface area contributed by atoms with Gasteiger partial charge in [-0.05, 0) is 37.3 Å². The number of halogens is 1. The summed E-state index contributed by atoms with van der Waals surface area (Å²) in [5, 5.41) is 6.24. The third-order valence-corrected chi connectivity index (χ3v) is 4.73. The molecule has 152 valence electrons. The molecule has 0 bridgehead atoms. The number of furan rings is 1. The van der Waals surface area contributed by atoms with Gasteiger partial charge in [-0.25, -0.2) is 5.43 Å².